The van der Waals surface area contributed by atoms with Crippen LogP contribution >= 0.6 is 0 Å². The van der Waals surface area contributed by atoms with Gasteiger partial charge in [-0.25, -0.2) is 8.78 Å². The first-order chi connectivity index (χ1) is 9.16. The van der Waals surface area contributed by atoms with Crippen LogP contribution in [-0.4, -0.2) is 12.5 Å². The summed E-state index contributed by atoms with van der Waals surface area (Å²) in [4.78, 5) is 0. The normalized spacial score (nSPS) is 23.4. The maximum Gasteiger partial charge on any atom is 0.256 e. The second-order valence-electron chi connectivity index (χ2n) is 4.68. The minimum Gasteiger partial charge on any atom is -0.376 e. The van der Waals surface area contributed by atoms with E-state index in [9.17, 15) is 8.78 Å². The van der Waals surface area contributed by atoms with Crippen molar-refractivity contribution in [2.75, 3.05) is 6.61 Å². The Morgan fingerprint density at radius 1 is 1.11 bits per heavy atom. The molecule has 3 heteroatoms. The Bertz CT molecular complexity index is 351. The molecule has 0 aliphatic heterocycles. The van der Waals surface area contributed by atoms with Crippen molar-refractivity contribution in [2.24, 2.45) is 11.8 Å². The van der Waals surface area contributed by atoms with Crippen molar-refractivity contribution in [3.63, 3.8) is 0 Å². The van der Waals surface area contributed by atoms with E-state index < -0.39 is 17.8 Å². The average Bonchev–Trinajstić information content (AvgIpc) is 2.95. The summed E-state index contributed by atoms with van der Waals surface area (Å²) in [5.74, 6) is -3.51. The van der Waals surface area contributed by atoms with Gasteiger partial charge in [0.15, 0.2) is 0 Å². The van der Waals surface area contributed by atoms with Crippen LogP contribution in [0.15, 0.2) is 30.3 Å². The number of ether oxygens (including phenoxy) is 1. The largest absolute Gasteiger partial charge is 0.376 e. The van der Waals surface area contributed by atoms with Crippen molar-refractivity contribution in [3.05, 3.63) is 35.9 Å². The molecule has 108 valence electrons. The van der Waals surface area contributed by atoms with E-state index in [0.717, 1.165) is 12.0 Å². The molecule has 0 aromatic heterocycles. The Labute approximate surface area is 115 Å². The number of hydrogen-bond acceptors (Lipinski definition) is 1. The number of halogens is 2. The highest BCUT2D eigenvalue weighted by atomic mass is 19.3. The molecule has 0 radical (unpaired) electrons. The molecule has 1 nitrogen and oxygen atoms in total. The third kappa shape index (κ3) is 4.27. The maximum absolute atomic E-state index is 13.3. The van der Waals surface area contributed by atoms with Gasteiger partial charge < -0.3 is 4.74 Å². The molecule has 0 spiro atoms. The lowest BCUT2D eigenvalue weighted by molar-refractivity contribution is 0.0457. The van der Waals surface area contributed by atoms with Gasteiger partial charge in [0.2, 0.25) is 0 Å². The fourth-order valence-electron chi connectivity index (χ4n) is 2.27. The molecule has 0 saturated heterocycles. The van der Waals surface area contributed by atoms with E-state index in [2.05, 4.69) is 0 Å². The van der Waals surface area contributed by atoms with Gasteiger partial charge in [-0.3, -0.25) is 0 Å². The van der Waals surface area contributed by atoms with Crippen LogP contribution < -0.4 is 0 Å². The van der Waals surface area contributed by atoms with E-state index in [1.807, 2.05) is 51.1 Å². The van der Waals surface area contributed by atoms with Crippen molar-refractivity contribution in [3.8, 4) is 0 Å². The molecule has 1 aliphatic carbocycles. The summed E-state index contributed by atoms with van der Waals surface area (Å²) >= 11 is 0. The van der Waals surface area contributed by atoms with Gasteiger partial charge in [-0.05, 0) is 12.0 Å². The molecule has 1 aliphatic rings. The van der Waals surface area contributed by atoms with E-state index in [1.54, 1.807) is 0 Å². The molecule has 1 saturated carbocycles. The highest BCUT2D eigenvalue weighted by Gasteiger charge is 2.66. The fraction of sp³-hybridized carbons (Fsp3) is 0.625. The molecule has 1 aromatic rings. The zero-order valence-electron chi connectivity index (χ0n) is 12.0. The molecular formula is C16H24F2O. The second-order valence-corrected chi connectivity index (χ2v) is 4.68. The van der Waals surface area contributed by atoms with Crippen LogP contribution in [0.3, 0.4) is 0 Å². The third-order valence-electron chi connectivity index (χ3n) is 3.37. The Hall–Kier alpha value is -0.960. The Morgan fingerprint density at radius 2 is 1.74 bits per heavy atom. The fourth-order valence-corrected chi connectivity index (χ4v) is 2.27. The van der Waals surface area contributed by atoms with Crippen LogP contribution in [0, 0.1) is 11.8 Å². The van der Waals surface area contributed by atoms with Crippen molar-refractivity contribution in [2.45, 2.75) is 46.1 Å². The molecular weight excluding hydrogens is 246 g/mol. The average molecular weight is 270 g/mol. The number of rotatable bonds is 6. The van der Waals surface area contributed by atoms with Crippen molar-refractivity contribution in [1.29, 1.82) is 0 Å². The van der Waals surface area contributed by atoms with Gasteiger partial charge in [-0.2, -0.15) is 0 Å². The van der Waals surface area contributed by atoms with Crippen molar-refractivity contribution in [1.82, 2.24) is 0 Å². The summed E-state index contributed by atoms with van der Waals surface area (Å²) in [6, 6.07) is 9.65. The zero-order valence-corrected chi connectivity index (χ0v) is 12.0. The summed E-state index contributed by atoms with van der Waals surface area (Å²) in [7, 11) is 0. The first-order valence-electron chi connectivity index (χ1n) is 7.15. The molecule has 2 unspecified atom stereocenters. The molecule has 0 heterocycles. The number of benzene rings is 1. The van der Waals surface area contributed by atoms with Crippen LogP contribution in [0.5, 0.6) is 0 Å². The Morgan fingerprint density at radius 3 is 2.32 bits per heavy atom. The highest BCUT2D eigenvalue weighted by molar-refractivity contribution is 5.13. The molecule has 0 N–H and O–H groups in total. The number of alkyl halides is 2. The van der Waals surface area contributed by atoms with Gasteiger partial charge in [0, 0.05) is 5.92 Å². The van der Waals surface area contributed by atoms with E-state index in [4.69, 9.17) is 4.74 Å². The van der Waals surface area contributed by atoms with Crippen LogP contribution in [0.1, 0.15) is 39.2 Å². The number of hydrogen-bond donors (Lipinski definition) is 0. The lowest BCUT2D eigenvalue weighted by Gasteiger charge is -2.03. The highest BCUT2D eigenvalue weighted by Crippen LogP contribution is 2.57. The van der Waals surface area contributed by atoms with Crippen molar-refractivity contribution < 1.29 is 13.5 Å². The van der Waals surface area contributed by atoms with E-state index in [1.165, 1.54) is 0 Å². The van der Waals surface area contributed by atoms with Gasteiger partial charge in [-0.1, -0.05) is 57.5 Å². The minimum absolute atomic E-state index is 0.173. The minimum atomic E-state index is -2.49. The monoisotopic (exact) mass is 270 g/mol. The topological polar surface area (TPSA) is 9.23 Å². The zero-order chi connectivity index (χ0) is 14.3. The first-order valence-corrected chi connectivity index (χ1v) is 7.15. The van der Waals surface area contributed by atoms with Crippen LogP contribution in [0.4, 0.5) is 8.78 Å². The summed E-state index contributed by atoms with van der Waals surface area (Å²) in [5.41, 5.74) is 1.03. The van der Waals surface area contributed by atoms with E-state index in [-0.39, 0.29) is 6.61 Å². The molecule has 0 bridgehead atoms. The smallest absolute Gasteiger partial charge is 0.256 e. The van der Waals surface area contributed by atoms with Gasteiger partial charge in [0.05, 0.1) is 19.1 Å². The maximum atomic E-state index is 13.3. The third-order valence-corrected chi connectivity index (χ3v) is 3.37. The van der Waals surface area contributed by atoms with Crippen LogP contribution in [0.2, 0.25) is 0 Å². The molecule has 1 aromatic carbocycles. The van der Waals surface area contributed by atoms with Gasteiger partial charge in [0.1, 0.15) is 0 Å². The van der Waals surface area contributed by atoms with Crippen LogP contribution in [-0.2, 0) is 11.3 Å². The molecule has 0 amide bonds. The van der Waals surface area contributed by atoms with E-state index in [0.29, 0.717) is 13.0 Å². The lowest BCUT2D eigenvalue weighted by atomic mass is 10.2. The molecule has 2 rings (SSSR count). The van der Waals surface area contributed by atoms with E-state index >= 15 is 0 Å². The summed E-state index contributed by atoms with van der Waals surface area (Å²) in [5, 5.41) is 0. The van der Waals surface area contributed by atoms with Crippen molar-refractivity contribution >= 4 is 0 Å². The summed E-state index contributed by atoms with van der Waals surface area (Å²) in [6.45, 7) is 6.54. The molecule has 2 atom stereocenters. The van der Waals surface area contributed by atoms with Gasteiger partial charge in [0.25, 0.3) is 5.92 Å². The predicted molar refractivity (Wildman–Crippen MR) is 74.3 cm³/mol. The molecule has 19 heavy (non-hydrogen) atoms. The molecule has 1 fully saturated rings. The second kappa shape index (κ2) is 7.59. The quantitative estimate of drug-likeness (QED) is 0.713. The summed E-state index contributed by atoms with van der Waals surface area (Å²) < 4.78 is 32.0. The van der Waals surface area contributed by atoms with Crippen LogP contribution in [0.25, 0.3) is 0 Å². The Kier molecular flexibility index (Phi) is 6.43. The predicted octanol–water partition coefficient (Wildman–Crippen LogP) is 4.91. The SMILES string of the molecule is CC.CCCC1C(COCc2ccccc2)C1(F)F. The lowest BCUT2D eigenvalue weighted by Crippen LogP contribution is -2.03. The van der Waals surface area contributed by atoms with Gasteiger partial charge in [-0.15, -0.1) is 0 Å². The first kappa shape index (κ1) is 16.1. The Balaban J connectivity index is 0.000000861. The summed E-state index contributed by atoms with van der Waals surface area (Å²) in [6.07, 6.45) is 1.42. The van der Waals surface area contributed by atoms with Gasteiger partial charge >= 0.3 is 0 Å². The standard InChI is InChI=1S/C14H18F2O.C2H6/c1-2-6-12-13(14(12,15)16)10-17-9-11-7-4-3-5-8-11;1-2/h3-5,7-8,12-13H,2,6,9-10H2,1H3;1-2H3.